The molecule has 0 aliphatic rings. The lowest BCUT2D eigenvalue weighted by Gasteiger charge is -2.16. The first-order chi connectivity index (χ1) is 14.5. The molecule has 1 atom stereocenters. The summed E-state index contributed by atoms with van der Waals surface area (Å²) in [6.45, 7) is 4.56. The topological polar surface area (TPSA) is 72.5 Å². The van der Waals surface area contributed by atoms with Crippen LogP contribution in [-0.4, -0.2) is 31.7 Å². The van der Waals surface area contributed by atoms with Crippen LogP contribution in [0.5, 0.6) is 11.5 Å². The average Bonchev–Trinajstić information content (AvgIpc) is 3.14. The van der Waals surface area contributed by atoms with Gasteiger partial charge in [-0.15, -0.1) is 0 Å². The smallest absolute Gasteiger partial charge is 0.263 e. The molecule has 1 amide bonds. The van der Waals surface area contributed by atoms with Gasteiger partial charge < -0.3 is 20.1 Å². The third-order valence-corrected chi connectivity index (χ3v) is 5.90. The number of methoxy groups -OCH3 is 2. The Morgan fingerprint density at radius 3 is 2.53 bits per heavy atom. The van der Waals surface area contributed by atoms with Crippen molar-refractivity contribution in [3.8, 4) is 11.5 Å². The zero-order valence-electron chi connectivity index (χ0n) is 17.7. The van der Waals surface area contributed by atoms with E-state index < -0.39 is 0 Å². The molecule has 3 rings (SSSR count). The van der Waals surface area contributed by atoms with Crippen LogP contribution in [0.3, 0.4) is 0 Å². The van der Waals surface area contributed by atoms with Crippen molar-refractivity contribution >= 4 is 22.4 Å². The summed E-state index contributed by atoms with van der Waals surface area (Å²) in [4.78, 5) is 17.9. The lowest BCUT2D eigenvalue weighted by atomic mass is 10.1. The summed E-state index contributed by atoms with van der Waals surface area (Å²) >= 11 is 1.37. The summed E-state index contributed by atoms with van der Waals surface area (Å²) in [5.41, 5.74) is 2.92. The molecule has 0 saturated heterocycles. The Bertz CT molecular complexity index is 989. The Hall–Kier alpha value is -3.06. The van der Waals surface area contributed by atoms with E-state index >= 15 is 0 Å². The number of amides is 1. The Labute approximate surface area is 181 Å². The van der Waals surface area contributed by atoms with E-state index in [2.05, 4.69) is 27.8 Å². The van der Waals surface area contributed by atoms with Crippen LogP contribution in [0.25, 0.3) is 0 Å². The molecule has 2 N–H and O–H groups in total. The second kappa shape index (κ2) is 10.1. The molecule has 2 aromatic carbocycles. The molecule has 7 heteroatoms. The molecular weight excluding hydrogens is 398 g/mol. The van der Waals surface area contributed by atoms with Gasteiger partial charge in [0.05, 0.1) is 26.0 Å². The fraction of sp³-hybridized carbons (Fsp3) is 0.304. The minimum atomic E-state index is -0.187. The van der Waals surface area contributed by atoms with Crippen molar-refractivity contribution in [1.82, 2.24) is 10.3 Å². The minimum absolute atomic E-state index is 0.136. The average molecular weight is 426 g/mol. The monoisotopic (exact) mass is 425 g/mol. The maximum Gasteiger partial charge on any atom is 0.263 e. The van der Waals surface area contributed by atoms with Crippen LogP contribution in [0.15, 0.2) is 48.5 Å². The van der Waals surface area contributed by atoms with Gasteiger partial charge in [0.1, 0.15) is 4.88 Å². The minimum Gasteiger partial charge on any atom is -0.493 e. The maximum absolute atomic E-state index is 12.8. The zero-order chi connectivity index (χ0) is 21.5. The lowest BCUT2D eigenvalue weighted by Crippen LogP contribution is -2.26. The Morgan fingerprint density at radius 2 is 1.83 bits per heavy atom. The van der Waals surface area contributed by atoms with Crippen molar-refractivity contribution < 1.29 is 14.3 Å². The van der Waals surface area contributed by atoms with Gasteiger partial charge in [-0.25, -0.2) is 4.98 Å². The van der Waals surface area contributed by atoms with Gasteiger partial charge in [-0.2, -0.15) is 0 Å². The number of rotatable bonds is 9. The number of benzene rings is 2. The SMILES string of the molecule is COc1ccc([C@@H](C)NC(=O)c2sc(NCCc3ccccc3)nc2C)cc1OC. The fourth-order valence-corrected chi connectivity index (χ4v) is 4.00. The van der Waals surface area contributed by atoms with Crippen molar-refractivity contribution in [2.24, 2.45) is 0 Å². The summed E-state index contributed by atoms with van der Waals surface area (Å²) in [6.07, 6.45) is 0.900. The van der Waals surface area contributed by atoms with Crippen LogP contribution in [0, 0.1) is 6.92 Å². The van der Waals surface area contributed by atoms with Gasteiger partial charge in [0.15, 0.2) is 16.6 Å². The maximum atomic E-state index is 12.8. The molecule has 158 valence electrons. The van der Waals surface area contributed by atoms with E-state index in [0.717, 1.165) is 29.4 Å². The number of nitrogens with one attached hydrogen (secondary N) is 2. The quantitative estimate of drug-likeness (QED) is 0.524. The highest BCUT2D eigenvalue weighted by Gasteiger charge is 2.18. The molecule has 3 aromatic rings. The van der Waals surface area contributed by atoms with Gasteiger partial charge in [0.25, 0.3) is 5.91 Å². The van der Waals surface area contributed by atoms with Crippen molar-refractivity contribution in [2.45, 2.75) is 26.3 Å². The molecule has 0 radical (unpaired) electrons. The summed E-state index contributed by atoms with van der Waals surface area (Å²) < 4.78 is 10.6. The zero-order valence-corrected chi connectivity index (χ0v) is 18.5. The summed E-state index contributed by atoms with van der Waals surface area (Å²) in [5.74, 6) is 1.16. The number of carbonyl (C=O) groups is 1. The van der Waals surface area contributed by atoms with Crippen molar-refractivity contribution in [1.29, 1.82) is 0 Å². The third-order valence-electron chi connectivity index (χ3n) is 4.79. The molecule has 0 saturated carbocycles. The highest BCUT2D eigenvalue weighted by molar-refractivity contribution is 7.17. The molecule has 0 bridgehead atoms. The number of anilines is 1. The Kier molecular flexibility index (Phi) is 7.30. The highest BCUT2D eigenvalue weighted by atomic mass is 32.1. The van der Waals surface area contributed by atoms with Crippen molar-refractivity contribution in [3.63, 3.8) is 0 Å². The third kappa shape index (κ3) is 5.30. The van der Waals surface area contributed by atoms with Crippen LogP contribution in [0.2, 0.25) is 0 Å². The standard InChI is InChI=1S/C23H27N3O3S/c1-15(18-10-11-19(28-3)20(14-18)29-4)25-22(27)21-16(2)26-23(30-21)24-13-12-17-8-6-5-7-9-17/h5-11,14-15H,12-13H2,1-4H3,(H,24,26)(H,25,27)/t15-/m1/s1. The van der Waals surface area contributed by atoms with E-state index in [1.165, 1.54) is 16.9 Å². The van der Waals surface area contributed by atoms with Gasteiger partial charge in [-0.05, 0) is 43.5 Å². The molecule has 6 nitrogen and oxygen atoms in total. The summed E-state index contributed by atoms with van der Waals surface area (Å²) in [6, 6.07) is 15.7. The van der Waals surface area contributed by atoms with E-state index in [4.69, 9.17) is 9.47 Å². The van der Waals surface area contributed by atoms with Crippen molar-refractivity contribution in [3.05, 3.63) is 70.2 Å². The Morgan fingerprint density at radius 1 is 1.10 bits per heavy atom. The van der Waals surface area contributed by atoms with E-state index in [0.29, 0.717) is 16.4 Å². The molecule has 1 aromatic heterocycles. The molecule has 0 aliphatic carbocycles. The molecule has 0 fully saturated rings. The second-order valence-electron chi connectivity index (χ2n) is 6.91. The number of aryl methyl sites for hydroxylation is 1. The van der Waals surface area contributed by atoms with Crippen LogP contribution in [0.1, 0.15) is 39.5 Å². The summed E-state index contributed by atoms with van der Waals surface area (Å²) in [5, 5.41) is 7.12. The molecule has 30 heavy (non-hydrogen) atoms. The van der Waals surface area contributed by atoms with Crippen LogP contribution in [0.4, 0.5) is 5.13 Å². The number of thiazole rings is 1. The molecular formula is C23H27N3O3S. The predicted molar refractivity (Wildman–Crippen MR) is 121 cm³/mol. The van der Waals surface area contributed by atoms with Gasteiger partial charge in [0.2, 0.25) is 0 Å². The van der Waals surface area contributed by atoms with E-state index in [1.807, 2.05) is 50.2 Å². The fourth-order valence-electron chi connectivity index (χ4n) is 3.11. The molecule has 0 aliphatic heterocycles. The van der Waals surface area contributed by atoms with Gasteiger partial charge in [-0.3, -0.25) is 4.79 Å². The number of nitrogens with zero attached hydrogens (tertiary/aromatic N) is 1. The molecule has 0 spiro atoms. The first kappa shape index (κ1) is 21.6. The van der Waals surface area contributed by atoms with Gasteiger partial charge in [0, 0.05) is 6.54 Å². The van der Waals surface area contributed by atoms with Crippen LogP contribution >= 0.6 is 11.3 Å². The van der Waals surface area contributed by atoms with Gasteiger partial charge in [-0.1, -0.05) is 47.7 Å². The van der Waals surface area contributed by atoms with E-state index in [9.17, 15) is 4.79 Å². The number of carbonyl (C=O) groups excluding carboxylic acids is 1. The van der Waals surface area contributed by atoms with Crippen LogP contribution in [-0.2, 0) is 6.42 Å². The molecule has 0 unspecified atom stereocenters. The predicted octanol–water partition coefficient (Wildman–Crippen LogP) is 4.61. The number of ether oxygens (including phenoxy) is 2. The van der Waals surface area contributed by atoms with E-state index in [-0.39, 0.29) is 11.9 Å². The van der Waals surface area contributed by atoms with Crippen LogP contribution < -0.4 is 20.1 Å². The van der Waals surface area contributed by atoms with Crippen molar-refractivity contribution in [2.75, 3.05) is 26.1 Å². The largest absolute Gasteiger partial charge is 0.493 e. The normalized spacial score (nSPS) is 11.6. The first-order valence-electron chi connectivity index (χ1n) is 9.79. The number of hydrogen-bond acceptors (Lipinski definition) is 6. The Balaban J connectivity index is 1.61. The molecule has 1 heterocycles. The summed E-state index contributed by atoms with van der Waals surface area (Å²) in [7, 11) is 3.19. The highest BCUT2D eigenvalue weighted by Crippen LogP contribution is 2.30. The number of aromatic nitrogens is 1. The second-order valence-corrected chi connectivity index (χ2v) is 7.90. The first-order valence-corrected chi connectivity index (χ1v) is 10.6. The lowest BCUT2D eigenvalue weighted by molar-refractivity contribution is 0.0943. The number of hydrogen-bond donors (Lipinski definition) is 2. The van der Waals surface area contributed by atoms with Gasteiger partial charge >= 0.3 is 0 Å². The van der Waals surface area contributed by atoms with E-state index in [1.54, 1.807) is 14.2 Å².